The molecule has 0 atom stereocenters. The number of phenols is 4. The third-order valence-electron chi connectivity index (χ3n) is 12.0. The van der Waals surface area contributed by atoms with Crippen LogP contribution in [-0.2, 0) is 0 Å². The summed E-state index contributed by atoms with van der Waals surface area (Å²) in [5.41, 5.74) is -1.05. The van der Waals surface area contributed by atoms with Crippen molar-refractivity contribution >= 4 is 66.8 Å². The zero-order valence-corrected chi connectivity index (χ0v) is 38.7. The molecule has 9 aromatic rings. The van der Waals surface area contributed by atoms with Crippen LogP contribution in [0.4, 0.5) is 0 Å². The van der Waals surface area contributed by atoms with Crippen molar-refractivity contribution in [3.8, 4) is 69.0 Å². The number of ether oxygens (including phenoxy) is 4. The van der Waals surface area contributed by atoms with E-state index in [0.717, 1.165) is 12.8 Å². The summed E-state index contributed by atoms with van der Waals surface area (Å²) in [4.78, 5) is 57.0. The Balaban J connectivity index is 1.60. The van der Waals surface area contributed by atoms with Crippen molar-refractivity contribution in [2.45, 2.75) is 39.5 Å². The van der Waals surface area contributed by atoms with Crippen molar-refractivity contribution in [1.29, 1.82) is 0 Å². The number of aromatic carboxylic acids is 2. The van der Waals surface area contributed by atoms with Gasteiger partial charge in [0.15, 0.2) is 0 Å². The number of rotatable bonds is 18. The first-order valence-corrected chi connectivity index (χ1v) is 23.0. The Morgan fingerprint density at radius 2 is 0.625 bits per heavy atom. The van der Waals surface area contributed by atoms with Gasteiger partial charge in [0.25, 0.3) is 11.8 Å². The second-order valence-electron chi connectivity index (χ2n) is 16.9. The van der Waals surface area contributed by atoms with Gasteiger partial charge in [0.05, 0.1) is 22.3 Å². The first-order valence-electron chi connectivity index (χ1n) is 23.0. The van der Waals surface area contributed by atoms with Crippen molar-refractivity contribution in [1.82, 2.24) is 10.6 Å². The van der Waals surface area contributed by atoms with E-state index in [9.17, 15) is 49.8 Å². The average Bonchev–Trinajstić information content (AvgIpc) is 3.36. The summed E-state index contributed by atoms with van der Waals surface area (Å²) in [6.45, 7) is 4.44. The SMILES string of the molecule is CCCCNC(=O)c1cc(Oc2ccc(O)cc2)c2c3c(Oc4ccc(O)cc4)cc(C(=O)O)c4c(C(=O)O)cc(Oc5ccc(O)cc5)c(c5c(Oc6ccc(O)cc6)cc(C(=O)NCCCC)c1c25)c43. The number of carbonyl (C=O) groups excluding carboxylic acids is 2. The predicted octanol–water partition coefficient (Wildman–Crippen LogP) is 12.2. The lowest BCUT2D eigenvalue weighted by atomic mass is 9.82. The van der Waals surface area contributed by atoms with Gasteiger partial charge >= 0.3 is 11.9 Å². The number of phenolic OH excluding ortho intramolecular Hbond substituents is 4. The van der Waals surface area contributed by atoms with Crippen LogP contribution in [0, 0.1) is 0 Å². The van der Waals surface area contributed by atoms with Gasteiger partial charge in [-0.1, -0.05) is 26.7 Å². The summed E-state index contributed by atoms with van der Waals surface area (Å²) < 4.78 is 26.7. The Morgan fingerprint density at radius 3 is 0.875 bits per heavy atom. The quantitative estimate of drug-likeness (QED) is 0.0226. The number of hydrogen-bond donors (Lipinski definition) is 8. The van der Waals surface area contributed by atoms with E-state index in [1.807, 2.05) is 13.8 Å². The molecule has 16 heteroatoms. The number of fused-ring (bicyclic) bond motifs is 2. The third-order valence-corrected chi connectivity index (χ3v) is 12.0. The highest BCUT2D eigenvalue weighted by atomic mass is 16.5. The molecule has 364 valence electrons. The number of carbonyl (C=O) groups is 4. The molecule has 2 amide bonds. The van der Waals surface area contributed by atoms with Gasteiger partial charge in [-0.25, -0.2) is 9.59 Å². The van der Waals surface area contributed by atoms with Gasteiger partial charge in [-0.3, -0.25) is 9.59 Å². The van der Waals surface area contributed by atoms with E-state index in [4.69, 9.17) is 18.9 Å². The Labute approximate surface area is 410 Å². The molecule has 72 heavy (non-hydrogen) atoms. The molecule has 0 aliphatic carbocycles. The number of unbranched alkanes of at least 4 members (excludes halogenated alkanes) is 2. The summed E-state index contributed by atoms with van der Waals surface area (Å²) in [6, 6.07) is 27.8. The molecule has 0 radical (unpaired) electrons. The summed E-state index contributed by atoms with van der Waals surface area (Å²) in [5.74, 6) is -4.48. The number of nitrogens with one attached hydrogen (secondary N) is 2. The van der Waals surface area contributed by atoms with Crippen LogP contribution in [0.25, 0.3) is 43.1 Å². The smallest absolute Gasteiger partial charge is 0.336 e. The van der Waals surface area contributed by atoms with E-state index in [0.29, 0.717) is 12.8 Å². The van der Waals surface area contributed by atoms with Crippen molar-refractivity contribution in [3.63, 3.8) is 0 Å². The summed E-state index contributed by atoms with van der Waals surface area (Å²) >= 11 is 0. The molecule has 9 aromatic carbocycles. The molecule has 0 saturated heterocycles. The first kappa shape index (κ1) is 47.6. The average molecular weight is 971 g/mol. The van der Waals surface area contributed by atoms with Gasteiger partial charge in [-0.15, -0.1) is 0 Å². The van der Waals surface area contributed by atoms with Gasteiger partial charge in [0, 0.05) is 56.2 Å². The van der Waals surface area contributed by atoms with Gasteiger partial charge in [0.2, 0.25) is 0 Å². The molecule has 0 aromatic heterocycles. The highest BCUT2D eigenvalue weighted by Gasteiger charge is 2.34. The highest BCUT2D eigenvalue weighted by Crippen LogP contribution is 2.56. The molecule has 0 aliphatic heterocycles. The van der Waals surface area contributed by atoms with E-state index in [2.05, 4.69) is 10.6 Å². The number of carboxylic acid groups (broad SMARTS) is 2. The summed E-state index contributed by atoms with van der Waals surface area (Å²) in [7, 11) is 0. The Morgan fingerprint density at radius 1 is 0.375 bits per heavy atom. The second-order valence-corrected chi connectivity index (χ2v) is 16.9. The van der Waals surface area contributed by atoms with Crippen LogP contribution in [0.1, 0.15) is 81.0 Å². The van der Waals surface area contributed by atoms with Crippen molar-refractivity contribution in [3.05, 3.63) is 144 Å². The molecule has 0 aliphatic rings. The molecule has 0 fully saturated rings. The largest absolute Gasteiger partial charge is 0.508 e. The Bertz CT molecular complexity index is 3330. The van der Waals surface area contributed by atoms with Crippen LogP contribution >= 0.6 is 0 Å². The topological polar surface area (TPSA) is 251 Å². The normalized spacial score (nSPS) is 11.2. The Hall–Kier alpha value is -9.44. The lowest BCUT2D eigenvalue weighted by Crippen LogP contribution is -2.27. The number of aromatic hydroxyl groups is 4. The highest BCUT2D eigenvalue weighted by molar-refractivity contribution is 6.42. The number of carboxylic acids is 2. The maximum atomic E-state index is 14.9. The monoisotopic (exact) mass is 970 g/mol. The lowest BCUT2D eigenvalue weighted by molar-refractivity contribution is 0.0695. The minimum atomic E-state index is -1.53. The molecule has 0 bridgehead atoms. The van der Waals surface area contributed by atoms with Gasteiger partial charge in [0.1, 0.15) is 69.0 Å². The maximum absolute atomic E-state index is 14.9. The minimum absolute atomic E-state index is 0.0253. The molecule has 0 spiro atoms. The third kappa shape index (κ3) is 9.23. The molecule has 0 unspecified atom stereocenters. The predicted molar refractivity (Wildman–Crippen MR) is 269 cm³/mol. The number of benzene rings is 9. The van der Waals surface area contributed by atoms with Crippen LogP contribution in [0.15, 0.2) is 121 Å². The maximum Gasteiger partial charge on any atom is 0.336 e. The van der Waals surface area contributed by atoms with Crippen molar-refractivity contribution in [2.24, 2.45) is 0 Å². The van der Waals surface area contributed by atoms with E-state index in [1.165, 1.54) is 121 Å². The van der Waals surface area contributed by atoms with Crippen LogP contribution in [-0.4, -0.2) is 67.5 Å². The molecular weight excluding hydrogens is 925 g/mol. The first-order chi connectivity index (χ1) is 34.7. The van der Waals surface area contributed by atoms with Crippen LogP contribution < -0.4 is 29.6 Å². The molecular formula is C56H46N2O14. The second kappa shape index (κ2) is 19.9. The standard InChI is InChI=1S/C56H46N2O14/c1-3-5-23-57-53(63)37-25-41(69-33-15-7-29(59)8-16-33)47-49-43(71-35-19-11-31(61)12-20-35)27-39(55(65)66)46-40(56(67)68)28-44(72-36-21-13-32(62)14-22-36)50(52(46)49)48-42(70-34-17-9-30(60)10-18-34)26-38(45(37)51(47)48)54(64)58-24-6-4-2/h7-22,25-28,59-62H,3-6,23-24H2,1-2H3,(H,57,63)(H,58,64)(H,65,66)(H,67,68). The van der Waals surface area contributed by atoms with Crippen LogP contribution in [0.3, 0.4) is 0 Å². The molecule has 8 N–H and O–H groups in total. The lowest BCUT2D eigenvalue weighted by Gasteiger charge is -2.26. The minimum Gasteiger partial charge on any atom is -0.508 e. The molecule has 0 saturated carbocycles. The van der Waals surface area contributed by atoms with Gasteiger partial charge in [-0.2, -0.15) is 0 Å². The van der Waals surface area contributed by atoms with E-state index >= 15 is 0 Å². The van der Waals surface area contributed by atoms with Gasteiger partial charge in [-0.05, 0) is 134 Å². The number of hydrogen-bond acceptors (Lipinski definition) is 12. The van der Waals surface area contributed by atoms with Crippen LogP contribution in [0.2, 0.25) is 0 Å². The molecule has 0 heterocycles. The molecule has 16 nitrogen and oxygen atoms in total. The van der Waals surface area contributed by atoms with Crippen molar-refractivity contribution in [2.75, 3.05) is 13.1 Å². The number of amides is 2. The van der Waals surface area contributed by atoms with E-state index in [1.54, 1.807) is 0 Å². The zero-order chi connectivity index (χ0) is 50.8. The van der Waals surface area contributed by atoms with Gasteiger partial charge < -0.3 is 60.2 Å². The molecule has 9 rings (SSSR count). The summed E-state index contributed by atoms with van der Waals surface area (Å²) in [5, 5.41) is 69.5. The zero-order valence-electron chi connectivity index (χ0n) is 38.7. The van der Waals surface area contributed by atoms with E-state index < -0.39 is 34.9 Å². The van der Waals surface area contributed by atoms with Crippen molar-refractivity contribution < 1.29 is 68.8 Å². The fraction of sp³-hybridized carbons (Fsp3) is 0.143. The summed E-state index contributed by atoms with van der Waals surface area (Å²) in [6.07, 6.45) is 2.71. The fourth-order valence-corrected chi connectivity index (χ4v) is 8.70. The van der Waals surface area contributed by atoms with E-state index in [-0.39, 0.29) is 136 Å². The Kier molecular flexibility index (Phi) is 13.2. The van der Waals surface area contributed by atoms with Crippen LogP contribution in [0.5, 0.6) is 69.0 Å². The fourth-order valence-electron chi connectivity index (χ4n) is 8.70.